The predicted octanol–water partition coefficient (Wildman–Crippen LogP) is 4.27. The lowest BCUT2D eigenvalue weighted by atomic mass is 10.2. The first kappa shape index (κ1) is 14.0. The van der Waals surface area contributed by atoms with Gasteiger partial charge in [-0.1, -0.05) is 30.7 Å². The molecule has 0 atom stereocenters. The van der Waals surface area contributed by atoms with E-state index >= 15 is 0 Å². The first-order valence-corrected chi connectivity index (χ1v) is 7.55. The van der Waals surface area contributed by atoms with Crippen molar-refractivity contribution in [1.29, 1.82) is 0 Å². The molecule has 21 heavy (non-hydrogen) atoms. The lowest BCUT2D eigenvalue weighted by Crippen LogP contribution is -2.06. The molecule has 0 unspecified atom stereocenters. The highest BCUT2D eigenvalue weighted by Gasteiger charge is 2.11. The van der Waals surface area contributed by atoms with Crippen molar-refractivity contribution in [2.24, 2.45) is 0 Å². The lowest BCUT2D eigenvalue weighted by Gasteiger charge is -2.11. The Morgan fingerprint density at radius 2 is 2.00 bits per heavy atom. The summed E-state index contributed by atoms with van der Waals surface area (Å²) < 4.78 is 2.24. The van der Waals surface area contributed by atoms with Gasteiger partial charge in [0.15, 0.2) is 0 Å². The highest BCUT2D eigenvalue weighted by Crippen LogP contribution is 2.24. The van der Waals surface area contributed by atoms with Crippen molar-refractivity contribution in [2.45, 2.75) is 26.3 Å². The number of nitrogens with zero attached hydrogens (tertiary/aromatic N) is 2. The highest BCUT2D eigenvalue weighted by molar-refractivity contribution is 6.31. The molecule has 4 heteroatoms. The van der Waals surface area contributed by atoms with E-state index in [1.807, 2.05) is 36.4 Å². The van der Waals surface area contributed by atoms with Gasteiger partial charge in [-0.25, -0.2) is 4.98 Å². The molecule has 0 fully saturated rings. The maximum Gasteiger partial charge on any atom is 0.110 e. The number of aryl methyl sites for hydroxylation is 1. The second kappa shape index (κ2) is 5.78. The van der Waals surface area contributed by atoms with Crippen LogP contribution in [0.1, 0.15) is 24.7 Å². The molecule has 3 rings (SSSR count). The zero-order chi connectivity index (χ0) is 14.8. The summed E-state index contributed by atoms with van der Waals surface area (Å²) in [6, 6.07) is 13.8. The fourth-order valence-electron chi connectivity index (χ4n) is 2.60. The first-order valence-electron chi connectivity index (χ1n) is 7.17. The summed E-state index contributed by atoms with van der Waals surface area (Å²) in [5.41, 5.74) is 9.81. The Labute approximate surface area is 129 Å². The molecule has 0 saturated carbocycles. The number of nitrogen functional groups attached to an aromatic ring is 1. The minimum absolute atomic E-state index is 0.694. The number of hydrogen-bond acceptors (Lipinski definition) is 2. The molecule has 0 bridgehead atoms. The van der Waals surface area contributed by atoms with E-state index in [1.165, 1.54) is 0 Å². The van der Waals surface area contributed by atoms with Crippen molar-refractivity contribution < 1.29 is 0 Å². The summed E-state index contributed by atoms with van der Waals surface area (Å²) >= 11 is 6.30. The van der Waals surface area contributed by atoms with Crippen molar-refractivity contribution in [3.05, 3.63) is 58.9 Å². The molecule has 3 nitrogen and oxygen atoms in total. The largest absolute Gasteiger partial charge is 0.399 e. The van der Waals surface area contributed by atoms with E-state index in [0.29, 0.717) is 6.54 Å². The molecule has 0 amide bonds. The number of hydrogen-bond donors (Lipinski definition) is 1. The van der Waals surface area contributed by atoms with Gasteiger partial charge < -0.3 is 10.3 Å². The monoisotopic (exact) mass is 299 g/mol. The Hall–Kier alpha value is -2.00. The predicted molar refractivity (Wildman–Crippen MR) is 88.7 cm³/mol. The van der Waals surface area contributed by atoms with E-state index < -0.39 is 0 Å². The molecule has 0 aliphatic heterocycles. The van der Waals surface area contributed by atoms with Gasteiger partial charge in [0, 0.05) is 17.1 Å². The maximum atomic E-state index is 6.30. The van der Waals surface area contributed by atoms with E-state index in [2.05, 4.69) is 17.6 Å². The molecule has 0 spiro atoms. The second-order valence-corrected chi connectivity index (χ2v) is 5.61. The van der Waals surface area contributed by atoms with Gasteiger partial charge in [-0.3, -0.25) is 0 Å². The van der Waals surface area contributed by atoms with E-state index in [9.17, 15) is 0 Å². The number of benzene rings is 2. The Balaban J connectivity index is 2.10. The quantitative estimate of drug-likeness (QED) is 0.731. The number of aromatic nitrogens is 2. The number of anilines is 1. The fourth-order valence-corrected chi connectivity index (χ4v) is 2.78. The van der Waals surface area contributed by atoms with Crippen LogP contribution in [0.3, 0.4) is 0 Å². The molecule has 0 aliphatic rings. The molecule has 108 valence electrons. The van der Waals surface area contributed by atoms with Crippen LogP contribution in [0, 0.1) is 0 Å². The summed E-state index contributed by atoms with van der Waals surface area (Å²) in [6.07, 6.45) is 2.02. The van der Waals surface area contributed by atoms with E-state index in [4.69, 9.17) is 22.3 Å². The van der Waals surface area contributed by atoms with E-state index in [1.54, 1.807) is 0 Å². The van der Waals surface area contributed by atoms with Crippen LogP contribution >= 0.6 is 11.6 Å². The number of halogens is 1. The Bertz CT molecular complexity index is 777. The maximum absolute atomic E-state index is 6.30. The number of rotatable bonds is 4. The van der Waals surface area contributed by atoms with Gasteiger partial charge in [-0.15, -0.1) is 0 Å². The SMILES string of the molecule is CCCc1nc2ccccc2n1Cc1cc(N)ccc1Cl. The lowest BCUT2D eigenvalue weighted by molar-refractivity contribution is 0.722. The van der Waals surface area contributed by atoms with Crippen molar-refractivity contribution >= 4 is 28.3 Å². The van der Waals surface area contributed by atoms with Crippen LogP contribution in [0.2, 0.25) is 5.02 Å². The van der Waals surface area contributed by atoms with Crippen LogP contribution < -0.4 is 5.73 Å². The van der Waals surface area contributed by atoms with Crippen LogP contribution in [0.4, 0.5) is 5.69 Å². The third kappa shape index (κ3) is 2.74. The smallest absolute Gasteiger partial charge is 0.110 e. The van der Waals surface area contributed by atoms with Gasteiger partial charge >= 0.3 is 0 Å². The number of para-hydroxylation sites is 2. The average molecular weight is 300 g/mol. The Morgan fingerprint density at radius 3 is 2.81 bits per heavy atom. The summed E-state index contributed by atoms with van der Waals surface area (Å²) in [4.78, 5) is 4.74. The molecule has 2 aromatic carbocycles. The molecule has 2 N–H and O–H groups in total. The summed E-state index contributed by atoms with van der Waals surface area (Å²) in [5, 5.41) is 0.740. The van der Waals surface area contributed by atoms with Crippen LogP contribution in [0.25, 0.3) is 11.0 Å². The second-order valence-electron chi connectivity index (χ2n) is 5.20. The third-order valence-corrected chi connectivity index (χ3v) is 3.97. The standard InChI is InChI=1S/C17H18ClN3/c1-2-5-17-20-15-6-3-4-7-16(15)21(17)11-12-10-13(19)8-9-14(12)18/h3-4,6-10H,2,5,11,19H2,1H3. The van der Waals surface area contributed by atoms with E-state index in [0.717, 1.165) is 46.0 Å². The summed E-state index contributed by atoms with van der Waals surface area (Å²) in [6.45, 7) is 2.86. The van der Waals surface area contributed by atoms with Gasteiger partial charge in [0.2, 0.25) is 0 Å². The normalized spacial score (nSPS) is 11.1. The minimum atomic E-state index is 0.694. The first-order chi connectivity index (χ1) is 10.2. The van der Waals surface area contributed by atoms with Gasteiger partial charge in [-0.05, 0) is 42.3 Å². The zero-order valence-electron chi connectivity index (χ0n) is 12.0. The van der Waals surface area contributed by atoms with Crippen molar-refractivity contribution in [3.8, 4) is 0 Å². The van der Waals surface area contributed by atoms with Crippen LogP contribution in [0.5, 0.6) is 0 Å². The molecule has 0 radical (unpaired) electrons. The summed E-state index contributed by atoms with van der Waals surface area (Å²) in [7, 11) is 0. The van der Waals surface area contributed by atoms with Crippen molar-refractivity contribution in [1.82, 2.24) is 9.55 Å². The van der Waals surface area contributed by atoms with Crippen molar-refractivity contribution in [2.75, 3.05) is 5.73 Å². The molecular weight excluding hydrogens is 282 g/mol. The van der Waals surface area contributed by atoms with Gasteiger partial charge in [0.25, 0.3) is 0 Å². The van der Waals surface area contributed by atoms with Crippen molar-refractivity contribution in [3.63, 3.8) is 0 Å². The van der Waals surface area contributed by atoms with Gasteiger partial charge in [-0.2, -0.15) is 0 Å². The average Bonchev–Trinajstić information content (AvgIpc) is 2.81. The van der Waals surface area contributed by atoms with Gasteiger partial charge in [0.1, 0.15) is 5.82 Å². The molecule has 1 heterocycles. The molecule has 0 aliphatic carbocycles. The van der Waals surface area contributed by atoms with E-state index in [-0.39, 0.29) is 0 Å². The Morgan fingerprint density at radius 1 is 1.19 bits per heavy atom. The highest BCUT2D eigenvalue weighted by atomic mass is 35.5. The number of imidazole rings is 1. The zero-order valence-corrected chi connectivity index (χ0v) is 12.8. The number of fused-ring (bicyclic) bond motifs is 1. The third-order valence-electron chi connectivity index (χ3n) is 3.61. The minimum Gasteiger partial charge on any atom is -0.399 e. The molecule has 0 saturated heterocycles. The molecule has 1 aromatic heterocycles. The topological polar surface area (TPSA) is 43.8 Å². The fraction of sp³-hybridized carbons (Fsp3) is 0.235. The Kier molecular flexibility index (Phi) is 3.84. The van der Waals surface area contributed by atoms with Crippen LogP contribution in [-0.2, 0) is 13.0 Å². The number of nitrogens with two attached hydrogens (primary N) is 1. The summed E-state index contributed by atoms with van der Waals surface area (Å²) in [5.74, 6) is 1.09. The molecular formula is C17H18ClN3. The van der Waals surface area contributed by atoms with Gasteiger partial charge in [0.05, 0.1) is 17.6 Å². The molecule has 3 aromatic rings. The van der Waals surface area contributed by atoms with Crippen LogP contribution in [-0.4, -0.2) is 9.55 Å². The van der Waals surface area contributed by atoms with Crippen LogP contribution in [0.15, 0.2) is 42.5 Å².